The van der Waals surface area contributed by atoms with Crippen LogP contribution in [-0.2, 0) is 14.8 Å². The third-order valence-corrected chi connectivity index (χ3v) is 4.01. The molecule has 0 rings (SSSR count). The first-order chi connectivity index (χ1) is 9.48. The largest absolute Gasteiger partial charge is 1.00 e. The molecule has 0 saturated carbocycles. The Morgan fingerprint density at radius 2 is 1.57 bits per heavy atom. The maximum absolute atomic E-state index is 11.3. The zero-order valence-corrected chi connectivity index (χ0v) is 17.2. The zero-order chi connectivity index (χ0) is 15.3. The van der Waals surface area contributed by atoms with E-state index in [0.29, 0.717) is 6.42 Å². The number of hydrogen-bond acceptors (Lipinski definition) is 4. The van der Waals surface area contributed by atoms with Crippen molar-refractivity contribution in [2.75, 3.05) is 6.54 Å². The summed E-state index contributed by atoms with van der Waals surface area (Å²) in [7, 11) is -3.64. The average Bonchev–Trinajstić information content (AvgIpc) is 2.39. The number of nitrogens with one attached hydrogen (secondary N) is 1. The Morgan fingerprint density at radius 1 is 1.05 bits per heavy atom. The Kier molecular flexibility index (Phi) is 17.9. The van der Waals surface area contributed by atoms with Gasteiger partial charge in [0.2, 0.25) is 10.0 Å². The van der Waals surface area contributed by atoms with Crippen LogP contribution in [0.4, 0.5) is 0 Å². The smallest absolute Gasteiger partial charge is 0.549 e. The van der Waals surface area contributed by atoms with Gasteiger partial charge >= 0.3 is 51.4 Å². The van der Waals surface area contributed by atoms with Crippen molar-refractivity contribution in [1.29, 1.82) is 0 Å². The van der Waals surface area contributed by atoms with Gasteiger partial charge in [-0.25, -0.2) is 13.1 Å². The van der Waals surface area contributed by atoms with Gasteiger partial charge in [0.05, 0.1) is 12.5 Å². The Bertz CT molecular complexity index is 382. The van der Waals surface area contributed by atoms with E-state index in [1.807, 2.05) is 4.72 Å². The molecule has 0 heterocycles. The third-order valence-electron chi connectivity index (χ3n) is 2.92. The van der Waals surface area contributed by atoms with Gasteiger partial charge in [0.25, 0.3) is 0 Å². The molecule has 0 saturated heterocycles. The zero-order valence-electron chi connectivity index (χ0n) is 13.3. The molecule has 21 heavy (non-hydrogen) atoms. The van der Waals surface area contributed by atoms with Gasteiger partial charge in [-0.2, -0.15) is 0 Å². The van der Waals surface area contributed by atoms with Gasteiger partial charge in [-0.05, 0) is 12.8 Å². The second-order valence-electron chi connectivity index (χ2n) is 4.87. The number of unbranched alkanes of at least 4 members (excludes halogenated alkanes) is 8. The van der Waals surface area contributed by atoms with Crippen molar-refractivity contribution in [3.8, 4) is 0 Å². The van der Waals surface area contributed by atoms with Gasteiger partial charge in [-0.1, -0.05) is 57.9 Å². The minimum atomic E-state index is -3.64. The summed E-state index contributed by atoms with van der Waals surface area (Å²) < 4.78 is 24.5. The van der Waals surface area contributed by atoms with E-state index in [0.717, 1.165) is 18.2 Å². The molecule has 0 aliphatic heterocycles. The summed E-state index contributed by atoms with van der Waals surface area (Å²) in [6.45, 7) is 1.51. The van der Waals surface area contributed by atoms with E-state index in [4.69, 9.17) is 0 Å². The summed E-state index contributed by atoms with van der Waals surface area (Å²) in [5.74, 6) is -1.44. The fraction of sp³-hybridized carbons (Fsp3) is 0.786. The Balaban J connectivity index is 0. The summed E-state index contributed by atoms with van der Waals surface area (Å²) in [5, 5.41) is 11.2. The number of rotatable bonds is 13. The van der Waals surface area contributed by atoms with E-state index in [9.17, 15) is 18.3 Å². The SMILES string of the molecule is CCCCCCCCCC/C=C/S(=O)(=O)NCC(=O)[O-].[K+]. The number of allylic oxidation sites excluding steroid dienone is 1. The molecule has 0 bridgehead atoms. The second-order valence-corrected chi connectivity index (χ2v) is 6.52. The average molecular weight is 344 g/mol. The maximum Gasteiger partial charge on any atom is 1.00 e. The van der Waals surface area contributed by atoms with Gasteiger partial charge in [-0.3, -0.25) is 0 Å². The summed E-state index contributed by atoms with van der Waals surface area (Å²) in [6.07, 6.45) is 11.9. The van der Waals surface area contributed by atoms with Gasteiger partial charge < -0.3 is 9.90 Å². The molecule has 0 atom stereocenters. The van der Waals surface area contributed by atoms with E-state index in [1.54, 1.807) is 6.08 Å². The van der Waals surface area contributed by atoms with Crippen LogP contribution in [0.5, 0.6) is 0 Å². The van der Waals surface area contributed by atoms with Crippen molar-refractivity contribution in [3.63, 3.8) is 0 Å². The molecule has 0 spiro atoms. The summed E-state index contributed by atoms with van der Waals surface area (Å²) in [4.78, 5) is 10.1. The molecular formula is C14H26KNO4S. The molecule has 5 nitrogen and oxygen atoms in total. The Hall–Kier alpha value is 0.756. The standard InChI is InChI=1S/C14H27NO4S.K/c1-2-3-4-5-6-7-8-9-10-11-12-20(18,19)15-13-14(16)17;/h11-12,15H,2-10,13H2,1H3,(H,16,17);/q;+1/p-1/b12-11+;. The molecular weight excluding hydrogens is 317 g/mol. The van der Waals surface area contributed by atoms with E-state index in [1.165, 1.54) is 38.5 Å². The summed E-state index contributed by atoms with van der Waals surface area (Å²) >= 11 is 0. The maximum atomic E-state index is 11.3. The molecule has 0 aliphatic rings. The molecule has 118 valence electrons. The normalized spacial score (nSPS) is 11.5. The number of aliphatic carboxylic acids is 1. The van der Waals surface area contributed by atoms with Crippen molar-refractivity contribution >= 4 is 16.0 Å². The molecule has 0 fully saturated rings. The third kappa shape index (κ3) is 18.7. The predicted molar refractivity (Wildman–Crippen MR) is 78.3 cm³/mol. The minimum absolute atomic E-state index is 0. The summed E-state index contributed by atoms with van der Waals surface area (Å²) in [6, 6.07) is 0. The first-order valence-electron chi connectivity index (χ1n) is 7.34. The molecule has 1 N–H and O–H groups in total. The van der Waals surface area contributed by atoms with Crippen molar-refractivity contribution in [2.45, 2.75) is 64.7 Å². The van der Waals surface area contributed by atoms with Gasteiger partial charge in [0.15, 0.2) is 0 Å². The molecule has 0 unspecified atom stereocenters. The van der Waals surface area contributed by atoms with Crippen molar-refractivity contribution in [3.05, 3.63) is 11.5 Å². The van der Waals surface area contributed by atoms with Crippen LogP contribution in [0.3, 0.4) is 0 Å². The number of carbonyl (C=O) groups is 1. The van der Waals surface area contributed by atoms with Crippen LogP contribution in [0.25, 0.3) is 0 Å². The number of carboxylic acid groups (broad SMARTS) is 1. The van der Waals surface area contributed by atoms with Crippen molar-refractivity contribution in [2.24, 2.45) is 0 Å². The fourth-order valence-electron chi connectivity index (χ4n) is 1.80. The van der Waals surface area contributed by atoms with Crippen LogP contribution in [0.15, 0.2) is 11.5 Å². The van der Waals surface area contributed by atoms with Crippen LogP contribution < -0.4 is 61.2 Å². The van der Waals surface area contributed by atoms with Crippen LogP contribution in [0, 0.1) is 0 Å². The Morgan fingerprint density at radius 3 is 2.10 bits per heavy atom. The molecule has 0 radical (unpaired) electrons. The van der Waals surface area contributed by atoms with E-state index in [-0.39, 0.29) is 51.4 Å². The molecule has 0 amide bonds. The molecule has 0 aromatic heterocycles. The first kappa shape index (κ1) is 24.0. The molecule has 0 aromatic carbocycles. The van der Waals surface area contributed by atoms with Crippen LogP contribution in [0.2, 0.25) is 0 Å². The van der Waals surface area contributed by atoms with Crippen LogP contribution in [-0.4, -0.2) is 20.9 Å². The van der Waals surface area contributed by atoms with Crippen molar-refractivity contribution < 1.29 is 69.7 Å². The first-order valence-corrected chi connectivity index (χ1v) is 8.88. The molecule has 0 aliphatic carbocycles. The van der Waals surface area contributed by atoms with Gasteiger partial charge in [0.1, 0.15) is 0 Å². The fourth-order valence-corrected chi connectivity index (χ4v) is 2.60. The Labute approximate surface area is 171 Å². The van der Waals surface area contributed by atoms with Gasteiger partial charge in [0, 0.05) is 5.41 Å². The van der Waals surface area contributed by atoms with Crippen molar-refractivity contribution in [1.82, 2.24) is 4.72 Å². The number of carbonyl (C=O) groups excluding carboxylic acids is 1. The predicted octanol–water partition coefficient (Wildman–Crippen LogP) is -1.30. The second kappa shape index (κ2) is 15.6. The topological polar surface area (TPSA) is 86.3 Å². The summed E-state index contributed by atoms with van der Waals surface area (Å²) in [5.41, 5.74) is 0. The minimum Gasteiger partial charge on any atom is -0.549 e. The van der Waals surface area contributed by atoms with E-state index in [2.05, 4.69) is 6.92 Å². The van der Waals surface area contributed by atoms with Gasteiger partial charge in [-0.15, -0.1) is 0 Å². The molecule has 7 heteroatoms. The monoisotopic (exact) mass is 343 g/mol. The number of hydrogen-bond donors (Lipinski definition) is 1. The number of carboxylic acids is 1. The number of sulfonamides is 1. The van der Waals surface area contributed by atoms with Crippen LogP contribution >= 0.6 is 0 Å². The van der Waals surface area contributed by atoms with E-state index >= 15 is 0 Å². The quantitative estimate of drug-likeness (QED) is 0.333. The van der Waals surface area contributed by atoms with Crippen LogP contribution in [0.1, 0.15) is 64.7 Å². The van der Waals surface area contributed by atoms with E-state index < -0.39 is 22.5 Å². The molecule has 0 aromatic rings.